The molecule has 0 amide bonds. The van der Waals surface area contributed by atoms with Gasteiger partial charge in [0.05, 0.1) is 16.6 Å². The van der Waals surface area contributed by atoms with E-state index in [4.69, 9.17) is 5.73 Å². The van der Waals surface area contributed by atoms with Gasteiger partial charge in [0, 0.05) is 11.1 Å². The van der Waals surface area contributed by atoms with E-state index in [-0.39, 0.29) is 17.2 Å². The van der Waals surface area contributed by atoms with Crippen molar-refractivity contribution in [2.75, 3.05) is 10.5 Å². The van der Waals surface area contributed by atoms with Gasteiger partial charge in [0.15, 0.2) is 5.78 Å². The van der Waals surface area contributed by atoms with Gasteiger partial charge in [0.25, 0.3) is 0 Å². The summed E-state index contributed by atoms with van der Waals surface area (Å²) in [5.41, 5.74) is 7.32. The second kappa shape index (κ2) is 6.19. The molecule has 5 nitrogen and oxygen atoms in total. The number of hydrogen-bond acceptors (Lipinski definition) is 4. The lowest BCUT2D eigenvalue weighted by atomic mass is 10.0. The zero-order valence-electron chi connectivity index (χ0n) is 12.4. The van der Waals surface area contributed by atoms with E-state index >= 15 is 0 Å². The van der Waals surface area contributed by atoms with Crippen LogP contribution < -0.4 is 10.5 Å². The molecule has 0 unspecified atom stereocenters. The molecule has 0 atom stereocenters. The third-order valence-electron chi connectivity index (χ3n) is 3.22. The number of sulfonamides is 1. The lowest BCUT2D eigenvalue weighted by molar-refractivity contribution is 0.103. The van der Waals surface area contributed by atoms with Gasteiger partial charge >= 0.3 is 0 Å². The maximum Gasteiger partial charge on any atom is 0.235 e. The summed E-state index contributed by atoms with van der Waals surface area (Å²) < 4.78 is 26.1. The Hall–Kier alpha value is -2.34. The first-order valence-electron chi connectivity index (χ1n) is 6.82. The van der Waals surface area contributed by atoms with E-state index in [0.717, 1.165) is 0 Å². The predicted molar refractivity (Wildman–Crippen MR) is 88.4 cm³/mol. The lowest BCUT2D eigenvalue weighted by Gasteiger charge is -2.13. The molecule has 2 rings (SSSR count). The molecule has 0 fully saturated rings. The summed E-state index contributed by atoms with van der Waals surface area (Å²) in [6, 6.07) is 13.4. The molecule has 0 aliphatic carbocycles. The third-order valence-corrected chi connectivity index (χ3v) is 4.97. The standard InChI is InChI=1S/C16H18N2O3S/c1-11(2)22(20,21)18-15-9-8-13(10-14(15)17)16(19)12-6-4-3-5-7-12/h3-11,18H,17H2,1-2H3. The highest BCUT2D eigenvalue weighted by Gasteiger charge is 2.18. The van der Waals surface area contributed by atoms with Crippen LogP contribution in [0.3, 0.4) is 0 Å². The maximum absolute atomic E-state index is 12.3. The quantitative estimate of drug-likeness (QED) is 0.655. The number of nitrogens with two attached hydrogens (primary N) is 1. The van der Waals surface area contributed by atoms with Gasteiger partial charge < -0.3 is 5.73 Å². The SMILES string of the molecule is CC(C)S(=O)(=O)Nc1ccc(C(=O)c2ccccc2)cc1N. The highest BCUT2D eigenvalue weighted by atomic mass is 32.2. The smallest absolute Gasteiger partial charge is 0.235 e. The van der Waals surface area contributed by atoms with Crippen LogP contribution in [0.5, 0.6) is 0 Å². The number of ketones is 1. The second-order valence-electron chi connectivity index (χ2n) is 5.19. The summed E-state index contributed by atoms with van der Waals surface area (Å²) in [6.45, 7) is 3.15. The van der Waals surface area contributed by atoms with Crippen molar-refractivity contribution in [3.63, 3.8) is 0 Å². The van der Waals surface area contributed by atoms with E-state index in [9.17, 15) is 13.2 Å². The first-order chi connectivity index (χ1) is 10.3. The summed E-state index contributed by atoms with van der Waals surface area (Å²) in [7, 11) is -3.47. The van der Waals surface area contributed by atoms with Gasteiger partial charge in [0.1, 0.15) is 0 Å². The molecule has 0 saturated carbocycles. The van der Waals surface area contributed by atoms with Crippen LogP contribution in [0.1, 0.15) is 29.8 Å². The van der Waals surface area contributed by atoms with Gasteiger partial charge in [-0.05, 0) is 32.0 Å². The van der Waals surface area contributed by atoms with E-state index in [2.05, 4.69) is 4.72 Å². The van der Waals surface area contributed by atoms with Gasteiger partial charge in [-0.2, -0.15) is 0 Å². The molecule has 2 aromatic carbocycles. The minimum absolute atomic E-state index is 0.162. The van der Waals surface area contributed by atoms with Crippen LogP contribution in [0.2, 0.25) is 0 Å². The fourth-order valence-electron chi connectivity index (χ4n) is 1.82. The molecule has 0 aliphatic heterocycles. The van der Waals surface area contributed by atoms with Crippen molar-refractivity contribution < 1.29 is 13.2 Å². The van der Waals surface area contributed by atoms with Crippen LogP contribution in [0, 0.1) is 0 Å². The van der Waals surface area contributed by atoms with E-state index < -0.39 is 15.3 Å². The summed E-state index contributed by atoms with van der Waals surface area (Å²) in [6.07, 6.45) is 0. The fraction of sp³-hybridized carbons (Fsp3) is 0.188. The Bertz CT molecular complexity index is 784. The Kier molecular flexibility index (Phi) is 4.51. The van der Waals surface area contributed by atoms with Gasteiger partial charge in [-0.25, -0.2) is 8.42 Å². The molecule has 2 aromatic rings. The normalized spacial score (nSPS) is 11.4. The molecule has 116 valence electrons. The van der Waals surface area contributed by atoms with Gasteiger partial charge in [0.2, 0.25) is 10.0 Å². The van der Waals surface area contributed by atoms with Crippen LogP contribution in [0.15, 0.2) is 48.5 Å². The van der Waals surface area contributed by atoms with Crippen molar-refractivity contribution in [2.24, 2.45) is 0 Å². The second-order valence-corrected chi connectivity index (χ2v) is 7.43. The van der Waals surface area contributed by atoms with E-state index in [0.29, 0.717) is 11.1 Å². The van der Waals surface area contributed by atoms with Crippen molar-refractivity contribution in [1.82, 2.24) is 0 Å². The molecule has 22 heavy (non-hydrogen) atoms. The number of nitrogen functional groups attached to an aromatic ring is 1. The van der Waals surface area contributed by atoms with Crippen molar-refractivity contribution >= 4 is 27.2 Å². The number of carbonyl (C=O) groups excluding carboxylic acids is 1. The molecule has 3 N–H and O–H groups in total. The zero-order valence-corrected chi connectivity index (χ0v) is 13.2. The van der Waals surface area contributed by atoms with Gasteiger partial charge in [-0.1, -0.05) is 30.3 Å². The van der Waals surface area contributed by atoms with E-state index in [1.54, 1.807) is 44.2 Å². The monoisotopic (exact) mass is 318 g/mol. The first-order valence-corrected chi connectivity index (χ1v) is 8.37. The Morgan fingerprint density at radius 1 is 1.05 bits per heavy atom. The number of rotatable bonds is 5. The number of hydrogen-bond donors (Lipinski definition) is 2. The molecule has 0 radical (unpaired) electrons. The minimum atomic E-state index is -3.47. The third kappa shape index (κ3) is 3.46. The van der Waals surface area contributed by atoms with Crippen LogP contribution in [0.4, 0.5) is 11.4 Å². The van der Waals surface area contributed by atoms with Crippen molar-refractivity contribution in [2.45, 2.75) is 19.1 Å². The Morgan fingerprint density at radius 2 is 1.68 bits per heavy atom. The Labute approximate surface area is 130 Å². The zero-order chi connectivity index (χ0) is 16.3. The van der Waals surface area contributed by atoms with Gasteiger partial charge in [-0.3, -0.25) is 9.52 Å². The molecule has 6 heteroatoms. The summed E-state index contributed by atoms with van der Waals surface area (Å²) in [4.78, 5) is 12.3. The van der Waals surface area contributed by atoms with Crippen LogP contribution >= 0.6 is 0 Å². The number of nitrogens with one attached hydrogen (secondary N) is 1. The molecule has 0 spiro atoms. The average molecular weight is 318 g/mol. The van der Waals surface area contributed by atoms with Crippen LogP contribution in [-0.4, -0.2) is 19.5 Å². The highest BCUT2D eigenvalue weighted by molar-refractivity contribution is 7.93. The molecular formula is C16H18N2O3S. The highest BCUT2D eigenvalue weighted by Crippen LogP contribution is 2.23. The van der Waals surface area contributed by atoms with E-state index in [1.807, 2.05) is 6.07 Å². The van der Waals surface area contributed by atoms with Gasteiger partial charge in [-0.15, -0.1) is 0 Å². The van der Waals surface area contributed by atoms with Crippen molar-refractivity contribution in [3.05, 3.63) is 59.7 Å². The molecule has 0 heterocycles. The number of anilines is 2. The summed E-state index contributed by atoms with van der Waals surface area (Å²) in [5, 5.41) is -0.572. The molecular weight excluding hydrogens is 300 g/mol. The fourth-order valence-corrected chi connectivity index (χ4v) is 2.55. The predicted octanol–water partition coefficient (Wildman–Crippen LogP) is 2.65. The van der Waals surface area contributed by atoms with Crippen LogP contribution in [-0.2, 0) is 10.0 Å². The summed E-state index contributed by atoms with van der Waals surface area (Å²) >= 11 is 0. The molecule has 0 aliphatic rings. The first kappa shape index (κ1) is 16.0. The van der Waals surface area contributed by atoms with Crippen LogP contribution in [0.25, 0.3) is 0 Å². The molecule has 0 bridgehead atoms. The largest absolute Gasteiger partial charge is 0.397 e. The minimum Gasteiger partial charge on any atom is -0.397 e. The number of carbonyl (C=O) groups is 1. The van der Waals surface area contributed by atoms with Crippen molar-refractivity contribution in [3.8, 4) is 0 Å². The van der Waals surface area contributed by atoms with E-state index in [1.165, 1.54) is 12.1 Å². The number of benzene rings is 2. The molecule has 0 saturated heterocycles. The Morgan fingerprint density at radius 3 is 2.23 bits per heavy atom. The summed E-state index contributed by atoms with van der Waals surface area (Å²) in [5.74, 6) is -0.162. The topological polar surface area (TPSA) is 89.3 Å². The average Bonchev–Trinajstić information content (AvgIpc) is 2.49. The van der Waals surface area contributed by atoms with Crippen molar-refractivity contribution in [1.29, 1.82) is 0 Å². The molecule has 0 aromatic heterocycles. The maximum atomic E-state index is 12.3. The lowest BCUT2D eigenvalue weighted by Crippen LogP contribution is -2.23. The Balaban J connectivity index is 2.29.